The summed E-state index contributed by atoms with van der Waals surface area (Å²) in [6, 6.07) is 17.1. The SMILES string of the molecule is CC(C)CCn1c(COc2ccccc2)nnc1SCc1ccc(C(N)=O)cc1. The van der Waals surface area contributed by atoms with E-state index in [1.807, 2.05) is 42.5 Å². The van der Waals surface area contributed by atoms with E-state index in [0.717, 1.165) is 41.0 Å². The first-order valence-electron chi connectivity index (χ1n) is 9.64. The van der Waals surface area contributed by atoms with E-state index in [-0.39, 0.29) is 0 Å². The minimum Gasteiger partial charge on any atom is -0.486 e. The number of hydrogen-bond acceptors (Lipinski definition) is 5. The molecule has 1 heterocycles. The van der Waals surface area contributed by atoms with E-state index in [4.69, 9.17) is 10.5 Å². The molecule has 0 aliphatic heterocycles. The fraction of sp³-hybridized carbons (Fsp3) is 0.318. The number of thioether (sulfide) groups is 1. The summed E-state index contributed by atoms with van der Waals surface area (Å²) in [6.07, 6.45) is 1.04. The van der Waals surface area contributed by atoms with E-state index in [9.17, 15) is 4.79 Å². The summed E-state index contributed by atoms with van der Waals surface area (Å²) in [4.78, 5) is 11.2. The summed E-state index contributed by atoms with van der Waals surface area (Å²) in [5, 5.41) is 9.63. The summed E-state index contributed by atoms with van der Waals surface area (Å²) in [6.45, 7) is 5.64. The van der Waals surface area contributed by atoms with Gasteiger partial charge in [0.05, 0.1) is 0 Å². The molecule has 2 aromatic carbocycles. The highest BCUT2D eigenvalue weighted by Crippen LogP contribution is 2.24. The van der Waals surface area contributed by atoms with Crippen LogP contribution >= 0.6 is 11.8 Å². The quantitative estimate of drug-likeness (QED) is 0.504. The molecule has 2 N–H and O–H groups in total. The fourth-order valence-electron chi connectivity index (χ4n) is 2.72. The van der Waals surface area contributed by atoms with Crippen LogP contribution in [0.15, 0.2) is 59.8 Å². The van der Waals surface area contributed by atoms with Crippen molar-refractivity contribution in [2.45, 2.75) is 44.3 Å². The zero-order chi connectivity index (χ0) is 20.6. The molecule has 1 amide bonds. The van der Waals surface area contributed by atoms with E-state index < -0.39 is 5.91 Å². The van der Waals surface area contributed by atoms with Gasteiger partial charge in [0, 0.05) is 17.9 Å². The predicted molar refractivity (Wildman–Crippen MR) is 115 cm³/mol. The van der Waals surface area contributed by atoms with Gasteiger partial charge in [-0.25, -0.2) is 0 Å². The van der Waals surface area contributed by atoms with Gasteiger partial charge in [0.25, 0.3) is 0 Å². The van der Waals surface area contributed by atoms with Crippen molar-refractivity contribution in [1.29, 1.82) is 0 Å². The molecule has 0 unspecified atom stereocenters. The normalized spacial score (nSPS) is 11.0. The third kappa shape index (κ3) is 6.09. The lowest BCUT2D eigenvalue weighted by atomic mass is 10.1. The maximum Gasteiger partial charge on any atom is 0.248 e. The largest absolute Gasteiger partial charge is 0.486 e. The molecule has 0 radical (unpaired) electrons. The van der Waals surface area contributed by atoms with Crippen molar-refractivity contribution in [2.75, 3.05) is 0 Å². The molecule has 0 saturated heterocycles. The van der Waals surface area contributed by atoms with Gasteiger partial charge in [0.2, 0.25) is 5.91 Å². The Morgan fingerprint density at radius 3 is 2.48 bits per heavy atom. The number of rotatable bonds is 10. The summed E-state index contributed by atoms with van der Waals surface area (Å²) >= 11 is 1.63. The Balaban J connectivity index is 1.69. The third-order valence-electron chi connectivity index (χ3n) is 4.44. The van der Waals surface area contributed by atoms with Crippen molar-refractivity contribution < 1.29 is 9.53 Å². The molecule has 1 aromatic heterocycles. The van der Waals surface area contributed by atoms with E-state index in [2.05, 4.69) is 28.6 Å². The average Bonchev–Trinajstić information content (AvgIpc) is 3.12. The van der Waals surface area contributed by atoms with Crippen LogP contribution in [0.1, 0.15) is 42.0 Å². The molecule has 152 valence electrons. The van der Waals surface area contributed by atoms with E-state index in [1.54, 1.807) is 23.9 Å². The highest BCUT2D eigenvalue weighted by atomic mass is 32.2. The number of carbonyl (C=O) groups is 1. The Kier molecular flexibility index (Phi) is 7.30. The van der Waals surface area contributed by atoms with Gasteiger partial charge in [-0.05, 0) is 42.2 Å². The number of nitrogens with zero attached hydrogens (tertiary/aromatic N) is 3. The van der Waals surface area contributed by atoms with Gasteiger partial charge in [-0.3, -0.25) is 4.79 Å². The minimum absolute atomic E-state index is 0.378. The number of aromatic nitrogens is 3. The molecule has 6 nitrogen and oxygen atoms in total. The lowest BCUT2D eigenvalue weighted by Crippen LogP contribution is -2.10. The molecule has 7 heteroatoms. The van der Waals surface area contributed by atoms with Crippen LogP contribution in [-0.4, -0.2) is 20.7 Å². The molecule has 0 bridgehead atoms. The Labute approximate surface area is 175 Å². The second-order valence-electron chi connectivity index (χ2n) is 7.18. The van der Waals surface area contributed by atoms with Gasteiger partial charge >= 0.3 is 0 Å². The van der Waals surface area contributed by atoms with Gasteiger partial charge in [-0.1, -0.05) is 55.9 Å². The van der Waals surface area contributed by atoms with Gasteiger partial charge in [0.15, 0.2) is 11.0 Å². The van der Waals surface area contributed by atoms with Crippen molar-refractivity contribution in [1.82, 2.24) is 14.8 Å². The first-order valence-corrected chi connectivity index (χ1v) is 10.6. The Morgan fingerprint density at radius 1 is 1.10 bits per heavy atom. The van der Waals surface area contributed by atoms with Crippen LogP contribution in [-0.2, 0) is 18.9 Å². The van der Waals surface area contributed by atoms with E-state index >= 15 is 0 Å². The second-order valence-corrected chi connectivity index (χ2v) is 8.13. The number of ether oxygens (including phenoxy) is 1. The summed E-state index contributed by atoms with van der Waals surface area (Å²) in [5.41, 5.74) is 6.91. The maximum atomic E-state index is 11.2. The number of benzene rings is 2. The molecule has 0 aliphatic rings. The van der Waals surface area contributed by atoms with Gasteiger partial charge in [-0.2, -0.15) is 0 Å². The van der Waals surface area contributed by atoms with Crippen LogP contribution in [0.5, 0.6) is 5.75 Å². The van der Waals surface area contributed by atoms with Gasteiger partial charge < -0.3 is 15.0 Å². The minimum atomic E-state index is -0.416. The molecule has 3 aromatic rings. The summed E-state index contributed by atoms with van der Waals surface area (Å²) < 4.78 is 8.02. The lowest BCUT2D eigenvalue weighted by Gasteiger charge is -2.12. The molecule has 0 fully saturated rings. The number of nitrogens with two attached hydrogens (primary N) is 1. The monoisotopic (exact) mass is 410 g/mol. The van der Waals surface area contributed by atoms with Crippen molar-refractivity contribution in [3.63, 3.8) is 0 Å². The average molecular weight is 411 g/mol. The molecule has 3 rings (SSSR count). The van der Waals surface area contributed by atoms with Crippen LogP contribution in [0.4, 0.5) is 0 Å². The van der Waals surface area contributed by atoms with Gasteiger partial charge in [0.1, 0.15) is 12.4 Å². The van der Waals surface area contributed by atoms with E-state index in [1.165, 1.54) is 0 Å². The molecular formula is C22H26N4O2S. The van der Waals surface area contributed by atoms with E-state index in [0.29, 0.717) is 18.1 Å². The van der Waals surface area contributed by atoms with Crippen molar-refractivity contribution in [3.8, 4) is 5.75 Å². The molecule has 0 spiro atoms. The first kappa shape index (κ1) is 20.9. The second kappa shape index (κ2) is 10.1. The lowest BCUT2D eigenvalue weighted by molar-refractivity contribution is 0.100. The topological polar surface area (TPSA) is 83.0 Å². The van der Waals surface area contributed by atoms with Crippen molar-refractivity contribution in [3.05, 3.63) is 71.5 Å². The predicted octanol–water partition coefficient (Wildman–Crippen LogP) is 4.29. The zero-order valence-corrected chi connectivity index (χ0v) is 17.6. The highest BCUT2D eigenvalue weighted by molar-refractivity contribution is 7.98. The third-order valence-corrected chi connectivity index (χ3v) is 5.48. The summed E-state index contributed by atoms with van der Waals surface area (Å²) in [5.74, 6) is 2.54. The van der Waals surface area contributed by atoms with Crippen LogP contribution in [0.25, 0.3) is 0 Å². The molecule has 29 heavy (non-hydrogen) atoms. The number of hydrogen-bond donors (Lipinski definition) is 1. The Bertz CT molecular complexity index is 924. The first-order chi connectivity index (χ1) is 14.0. The maximum absolute atomic E-state index is 11.2. The van der Waals surface area contributed by atoms with Crippen LogP contribution < -0.4 is 10.5 Å². The molecule has 0 saturated carbocycles. The standard InChI is InChI=1S/C22H26N4O2S/c1-16(2)12-13-26-20(14-28-19-6-4-3-5-7-19)24-25-22(26)29-15-17-8-10-18(11-9-17)21(23)27/h3-11,16H,12-15H2,1-2H3,(H2,23,27). The number of amides is 1. The molecular weight excluding hydrogens is 384 g/mol. The fourth-order valence-corrected chi connectivity index (χ4v) is 3.66. The Morgan fingerprint density at radius 2 is 1.83 bits per heavy atom. The molecule has 0 aliphatic carbocycles. The number of carbonyl (C=O) groups excluding carboxylic acids is 1. The smallest absolute Gasteiger partial charge is 0.248 e. The Hall–Kier alpha value is -2.80. The molecule has 0 atom stereocenters. The van der Waals surface area contributed by atoms with Crippen LogP contribution in [0, 0.1) is 5.92 Å². The van der Waals surface area contributed by atoms with Gasteiger partial charge in [-0.15, -0.1) is 10.2 Å². The highest BCUT2D eigenvalue weighted by Gasteiger charge is 2.14. The van der Waals surface area contributed by atoms with Crippen molar-refractivity contribution in [2.24, 2.45) is 11.7 Å². The number of para-hydroxylation sites is 1. The van der Waals surface area contributed by atoms with Crippen LogP contribution in [0.2, 0.25) is 0 Å². The zero-order valence-electron chi connectivity index (χ0n) is 16.7. The summed E-state index contributed by atoms with van der Waals surface area (Å²) in [7, 11) is 0. The van der Waals surface area contributed by atoms with Crippen molar-refractivity contribution >= 4 is 17.7 Å². The van der Waals surface area contributed by atoms with Crippen LogP contribution in [0.3, 0.4) is 0 Å². The number of primary amides is 1.